The quantitative estimate of drug-likeness (QED) is 0.865. The van der Waals surface area contributed by atoms with Gasteiger partial charge in [0.05, 0.1) is 0 Å². The van der Waals surface area contributed by atoms with Crippen LogP contribution in [0.3, 0.4) is 0 Å². The van der Waals surface area contributed by atoms with Crippen molar-refractivity contribution in [2.75, 3.05) is 13.3 Å². The summed E-state index contributed by atoms with van der Waals surface area (Å²) in [5.74, 6) is 3.56. The van der Waals surface area contributed by atoms with Crippen LogP contribution in [0, 0.1) is 11.8 Å². The van der Waals surface area contributed by atoms with Crippen molar-refractivity contribution in [1.82, 2.24) is 5.32 Å². The van der Waals surface area contributed by atoms with E-state index in [0.29, 0.717) is 12.8 Å². The van der Waals surface area contributed by atoms with E-state index in [0.717, 1.165) is 29.8 Å². The molecule has 1 aliphatic heterocycles. The second kappa shape index (κ2) is 6.69. The SMILES string of the molecule is CC(CCc1ccc2c(c1)OCO2)NCC1CCCC1C. The standard InChI is InChI=1S/C18H27NO2/c1-13-4-3-5-16(13)11-19-14(2)6-7-15-8-9-17-18(10-15)21-12-20-17/h8-10,13-14,16,19H,3-7,11-12H2,1-2H3. The Morgan fingerprint density at radius 2 is 2.10 bits per heavy atom. The van der Waals surface area contributed by atoms with E-state index in [9.17, 15) is 0 Å². The van der Waals surface area contributed by atoms with Gasteiger partial charge in [0, 0.05) is 6.04 Å². The summed E-state index contributed by atoms with van der Waals surface area (Å²) in [6.45, 7) is 6.24. The zero-order valence-electron chi connectivity index (χ0n) is 13.2. The molecule has 3 unspecified atom stereocenters. The number of nitrogens with one attached hydrogen (secondary N) is 1. The zero-order chi connectivity index (χ0) is 14.7. The Morgan fingerprint density at radius 1 is 1.24 bits per heavy atom. The van der Waals surface area contributed by atoms with Gasteiger partial charge in [0.15, 0.2) is 11.5 Å². The molecule has 3 atom stereocenters. The Kier molecular flexibility index (Phi) is 4.69. The molecule has 116 valence electrons. The van der Waals surface area contributed by atoms with Crippen molar-refractivity contribution in [3.05, 3.63) is 23.8 Å². The summed E-state index contributed by atoms with van der Waals surface area (Å²) in [5.41, 5.74) is 1.34. The average molecular weight is 289 g/mol. The molecule has 0 aromatic heterocycles. The van der Waals surface area contributed by atoms with E-state index in [1.54, 1.807) is 0 Å². The number of ether oxygens (including phenoxy) is 2. The van der Waals surface area contributed by atoms with Crippen LogP contribution in [0.5, 0.6) is 11.5 Å². The van der Waals surface area contributed by atoms with Crippen molar-refractivity contribution in [1.29, 1.82) is 0 Å². The largest absolute Gasteiger partial charge is 0.454 e. The Balaban J connectivity index is 1.42. The van der Waals surface area contributed by atoms with Gasteiger partial charge in [-0.1, -0.05) is 25.8 Å². The molecule has 1 aromatic rings. The predicted octanol–water partition coefficient (Wildman–Crippen LogP) is 3.76. The topological polar surface area (TPSA) is 30.5 Å². The molecule has 3 heteroatoms. The molecule has 0 bridgehead atoms. The van der Waals surface area contributed by atoms with E-state index < -0.39 is 0 Å². The maximum absolute atomic E-state index is 5.43. The second-order valence-corrected chi connectivity index (χ2v) is 6.70. The molecule has 0 radical (unpaired) electrons. The van der Waals surface area contributed by atoms with Gasteiger partial charge >= 0.3 is 0 Å². The number of hydrogen-bond donors (Lipinski definition) is 1. The molecule has 0 saturated heterocycles. The molecule has 2 aliphatic rings. The van der Waals surface area contributed by atoms with Crippen LogP contribution in [0.15, 0.2) is 18.2 Å². The van der Waals surface area contributed by atoms with Gasteiger partial charge in [0.25, 0.3) is 0 Å². The average Bonchev–Trinajstić information content (AvgIpc) is 3.11. The number of hydrogen-bond acceptors (Lipinski definition) is 3. The predicted molar refractivity (Wildman–Crippen MR) is 84.9 cm³/mol. The first-order valence-corrected chi connectivity index (χ1v) is 8.34. The third kappa shape index (κ3) is 3.70. The summed E-state index contributed by atoms with van der Waals surface area (Å²) in [6.07, 6.45) is 6.49. The molecule has 1 aliphatic carbocycles. The molecule has 1 saturated carbocycles. The first-order chi connectivity index (χ1) is 10.2. The van der Waals surface area contributed by atoms with Crippen LogP contribution in [0.4, 0.5) is 0 Å². The molecule has 21 heavy (non-hydrogen) atoms. The summed E-state index contributed by atoms with van der Waals surface area (Å²) in [5, 5.41) is 3.72. The van der Waals surface area contributed by atoms with Crippen LogP contribution in [-0.4, -0.2) is 19.4 Å². The van der Waals surface area contributed by atoms with Gasteiger partial charge < -0.3 is 14.8 Å². The minimum Gasteiger partial charge on any atom is -0.454 e. The minimum atomic E-state index is 0.357. The lowest BCUT2D eigenvalue weighted by atomic mass is 9.97. The molecular formula is C18H27NO2. The fourth-order valence-electron chi connectivity index (χ4n) is 3.46. The number of aryl methyl sites for hydroxylation is 1. The van der Waals surface area contributed by atoms with Gasteiger partial charge in [-0.25, -0.2) is 0 Å². The molecule has 1 N–H and O–H groups in total. The van der Waals surface area contributed by atoms with E-state index in [1.807, 2.05) is 6.07 Å². The summed E-state index contributed by atoms with van der Waals surface area (Å²) in [7, 11) is 0. The smallest absolute Gasteiger partial charge is 0.231 e. The first-order valence-electron chi connectivity index (χ1n) is 8.34. The lowest BCUT2D eigenvalue weighted by Crippen LogP contribution is -2.32. The molecular weight excluding hydrogens is 262 g/mol. The molecule has 1 fully saturated rings. The van der Waals surface area contributed by atoms with Gasteiger partial charge in [-0.05, 0) is 62.3 Å². The Morgan fingerprint density at radius 3 is 2.90 bits per heavy atom. The molecule has 1 heterocycles. The lowest BCUT2D eigenvalue weighted by molar-refractivity contribution is 0.174. The van der Waals surface area contributed by atoms with Crippen LogP contribution in [-0.2, 0) is 6.42 Å². The van der Waals surface area contributed by atoms with E-state index >= 15 is 0 Å². The van der Waals surface area contributed by atoms with Gasteiger partial charge in [0.2, 0.25) is 6.79 Å². The van der Waals surface area contributed by atoms with Crippen molar-refractivity contribution >= 4 is 0 Å². The highest BCUT2D eigenvalue weighted by Crippen LogP contribution is 2.33. The van der Waals surface area contributed by atoms with Crippen LogP contribution in [0.1, 0.15) is 45.1 Å². The third-order valence-corrected chi connectivity index (χ3v) is 5.07. The van der Waals surface area contributed by atoms with Crippen molar-refractivity contribution in [3.8, 4) is 11.5 Å². The maximum Gasteiger partial charge on any atom is 0.231 e. The Hall–Kier alpha value is -1.22. The van der Waals surface area contributed by atoms with Crippen LogP contribution < -0.4 is 14.8 Å². The normalized spacial score (nSPS) is 25.2. The fraction of sp³-hybridized carbons (Fsp3) is 0.667. The fourth-order valence-corrected chi connectivity index (χ4v) is 3.46. The summed E-state index contributed by atoms with van der Waals surface area (Å²) in [4.78, 5) is 0. The monoisotopic (exact) mass is 289 g/mol. The molecule has 1 aromatic carbocycles. The number of rotatable bonds is 6. The van der Waals surface area contributed by atoms with E-state index in [-0.39, 0.29) is 0 Å². The van der Waals surface area contributed by atoms with Crippen LogP contribution in [0.2, 0.25) is 0 Å². The van der Waals surface area contributed by atoms with Gasteiger partial charge in [-0.2, -0.15) is 0 Å². The Bertz CT molecular complexity index is 474. The summed E-state index contributed by atoms with van der Waals surface area (Å²) in [6, 6.07) is 6.87. The minimum absolute atomic E-state index is 0.357. The molecule has 0 spiro atoms. The maximum atomic E-state index is 5.43. The molecule has 0 amide bonds. The van der Waals surface area contributed by atoms with Crippen molar-refractivity contribution < 1.29 is 9.47 Å². The van der Waals surface area contributed by atoms with E-state index in [1.165, 1.54) is 37.8 Å². The van der Waals surface area contributed by atoms with Crippen LogP contribution in [0.25, 0.3) is 0 Å². The van der Waals surface area contributed by atoms with Gasteiger partial charge in [-0.3, -0.25) is 0 Å². The summed E-state index contributed by atoms with van der Waals surface area (Å²) < 4.78 is 10.8. The van der Waals surface area contributed by atoms with Crippen molar-refractivity contribution in [3.63, 3.8) is 0 Å². The van der Waals surface area contributed by atoms with E-state index in [4.69, 9.17) is 9.47 Å². The van der Waals surface area contributed by atoms with E-state index in [2.05, 4.69) is 31.3 Å². The number of fused-ring (bicyclic) bond motifs is 1. The van der Waals surface area contributed by atoms with Gasteiger partial charge in [-0.15, -0.1) is 0 Å². The van der Waals surface area contributed by atoms with Crippen LogP contribution >= 0.6 is 0 Å². The highest BCUT2D eigenvalue weighted by atomic mass is 16.7. The summed E-state index contributed by atoms with van der Waals surface area (Å²) >= 11 is 0. The zero-order valence-corrected chi connectivity index (χ0v) is 13.2. The first kappa shape index (κ1) is 14.7. The highest BCUT2D eigenvalue weighted by Gasteiger charge is 2.23. The highest BCUT2D eigenvalue weighted by molar-refractivity contribution is 5.44. The molecule has 3 rings (SSSR count). The second-order valence-electron chi connectivity index (χ2n) is 6.70. The third-order valence-electron chi connectivity index (χ3n) is 5.07. The molecule has 3 nitrogen and oxygen atoms in total. The van der Waals surface area contributed by atoms with Gasteiger partial charge in [0.1, 0.15) is 0 Å². The van der Waals surface area contributed by atoms with Crippen molar-refractivity contribution in [2.45, 2.75) is 52.0 Å². The lowest BCUT2D eigenvalue weighted by Gasteiger charge is -2.20. The Labute approximate surface area is 128 Å². The van der Waals surface area contributed by atoms with Crippen molar-refractivity contribution in [2.24, 2.45) is 11.8 Å². The number of benzene rings is 1.